The van der Waals surface area contributed by atoms with Gasteiger partial charge in [-0.3, -0.25) is 4.98 Å². The van der Waals surface area contributed by atoms with Crippen molar-refractivity contribution in [2.24, 2.45) is 5.92 Å². The van der Waals surface area contributed by atoms with Gasteiger partial charge in [0.05, 0.1) is 12.8 Å². The molecule has 1 aromatic carbocycles. The van der Waals surface area contributed by atoms with Crippen LogP contribution in [0.25, 0.3) is 11.1 Å². The molecule has 0 aliphatic carbocycles. The number of hydrogen-bond donors (Lipinski definition) is 0. The number of rotatable bonds is 7. The molecule has 0 fully saturated rings. The van der Waals surface area contributed by atoms with Crippen molar-refractivity contribution in [3.8, 4) is 16.9 Å². The molecular weight excluding hydrogens is 266 g/mol. The lowest BCUT2D eigenvalue weighted by Crippen LogP contribution is -2.03. The number of pyridine rings is 1. The summed E-state index contributed by atoms with van der Waals surface area (Å²) >= 11 is 1.94. The predicted octanol–water partition coefficient (Wildman–Crippen LogP) is 4.52. The number of nitrogens with zero attached hydrogens (tertiary/aromatic N) is 1. The van der Waals surface area contributed by atoms with Crippen molar-refractivity contribution in [2.45, 2.75) is 13.8 Å². The number of benzene rings is 1. The van der Waals surface area contributed by atoms with E-state index in [9.17, 15) is 0 Å². The fourth-order valence-corrected chi connectivity index (χ4v) is 2.72. The number of thioether (sulfide) groups is 1. The molecule has 0 radical (unpaired) electrons. The molecule has 0 saturated carbocycles. The first-order chi connectivity index (χ1) is 9.77. The molecule has 2 aromatic rings. The molecule has 0 atom stereocenters. The van der Waals surface area contributed by atoms with E-state index in [-0.39, 0.29) is 0 Å². The summed E-state index contributed by atoms with van der Waals surface area (Å²) in [7, 11) is 0. The maximum Gasteiger partial charge on any atom is 0.145 e. The van der Waals surface area contributed by atoms with Gasteiger partial charge in [0, 0.05) is 17.5 Å². The van der Waals surface area contributed by atoms with Crippen molar-refractivity contribution in [3.63, 3.8) is 0 Å². The fourth-order valence-electron chi connectivity index (χ4n) is 1.88. The van der Waals surface area contributed by atoms with Crippen molar-refractivity contribution in [2.75, 3.05) is 18.1 Å². The van der Waals surface area contributed by atoms with Crippen molar-refractivity contribution in [1.82, 2.24) is 4.98 Å². The van der Waals surface area contributed by atoms with Gasteiger partial charge in [0.15, 0.2) is 0 Å². The highest BCUT2D eigenvalue weighted by atomic mass is 32.2. The smallest absolute Gasteiger partial charge is 0.145 e. The minimum Gasteiger partial charge on any atom is -0.490 e. The van der Waals surface area contributed by atoms with Gasteiger partial charge < -0.3 is 4.74 Å². The third-order valence-electron chi connectivity index (χ3n) is 2.81. The van der Waals surface area contributed by atoms with E-state index in [0.29, 0.717) is 0 Å². The lowest BCUT2D eigenvalue weighted by Gasteiger charge is -2.11. The predicted molar refractivity (Wildman–Crippen MR) is 87.3 cm³/mol. The molecule has 0 aliphatic rings. The lowest BCUT2D eigenvalue weighted by atomic mass is 10.1. The average molecular weight is 287 g/mol. The molecular formula is C17H21NOS. The van der Waals surface area contributed by atoms with E-state index >= 15 is 0 Å². The topological polar surface area (TPSA) is 22.1 Å². The summed E-state index contributed by atoms with van der Waals surface area (Å²) in [6.45, 7) is 5.20. The number of ether oxygens (including phenoxy) is 1. The largest absolute Gasteiger partial charge is 0.490 e. The highest BCUT2D eigenvalue weighted by molar-refractivity contribution is 7.99. The van der Waals surface area contributed by atoms with E-state index in [1.54, 1.807) is 6.20 Å². The van der Waals surface area contributed by atoms with Crippen LogP contribution < -0.4 is 4.74 Å². The van der Waals surface area contributed by atoms with Crippen LogP contribution in [-0.4, -0.2) is 23.1 Å². The van der Waals surface area contributed by atoms with Crippen LogP contribution in [0.15, 0.2) is 48.8 Å². The van der Waals surface area contributed by atoms with Gasteiger partial charge in [-0.05, 0) is 23.3 Å². The summed E-state index contributed by atoms with van der Waals surface area (Å²) in [4.78, 5) is 4.17. The molecule has 3 heteroatoms. The maximum atomic E-state index is 5.89. The molecule has 106 valence electrons. The zero-order valence-corrected chi connectivity index (χ0v) is 12.9. The van der Waals surface area contributed by atoms with Gasteiger partial charge in [-0.25, -0.2) is 0 Å². The van der Waals surface area contributed by atoms with Gasteiger partial charge in [-0.15, -0.1) is 0 Å². The lowest BCUT2D eigenvalue weighted by molar-refractivity contribution is 0.344. The van der Waals surface area contributed by atoms with E-state index in [1.807, 2.05) is 42.2 Å². The molecule has 0 amide bonds. The fraction of sp³-hybridized carbons (Fsp3) is 0.353. The Morgan fingerprint density at radius 3 is 2.70 bits per heavy atom. The van der Waals surface area contributed by atoms with Crippen LogP contribution in [-0.2, 0) is 0 Å². The van der Waals surface area contributed by atoms with Crippen LogP contribution in [0.2, 0.25) is 0 Å². The summed E-state index contributed by atoms with van der Waals surface area (Å²) < 4.78 is 5.89. The normalized spacial score (nSPS) is 10.8. The standard InChI is InChI=1S/C17H21NOS/c1-14(2)13-20-11-10-19-17-12-18-9-8-16(17)15-6-4-3-5-7-15/h3-9,12,14H,10-11,13H2,1-2H3. The maximum absolute atomic E-state index is 5.89. The molecule has 2 nitrogen and oxygen atoms in total. The molecule has 2 rings (SSSR count). The van der Waals surface area contributed by atoms with Crippen LogP contribution in [0.3, 0.4) is 0 Å². The van der Waals surface area contributed by atoms with Gasteiger partial charge in [0.25, 0.3) is 0 Å². The summed E-state index contributed by atoms with van der Waals surface area (Å²) in [5.41, 5.74) is 2.27. The molecule has 20 heavy (non-hydrogen) atoms. The molecule has 1 heterocycles. The van der Waals surface area contributed by atoms with Crippen LogP contribution in [0, 0.1) is 5.92 Å². The van der Waals surface area contributed by atoms with Crippen LogP contribution in [0.1, 0.15) is 13.8 Å². The Morgan fingerprint density at radius 2 is 1.95 bits per heavy atom. The van der Waals surface area contributed by atoms with Gasteiger partial charge in [0.1, 0.15) is 5.75 Å². The third kappa shape index (κ3) is 4.57. The van der Waals surface area contributed by atoms with Crippen LogP contribution in [0.4, 0.5) is 0 Å². The van der Waals surface area contributed by atoms with E-state index in [1.165, 1.54) is 11.3 Å². The molecule has 0 bridgehead atoms. The first-order valence-electron chi connectivity index (χ1n) is 6.97. The monoisotopic (exact) mass is 287 g/mol. The molecule has 0 saturated heterocycles. The summed E-state index contributed by atoms with van der Waals surface area (Å²) in [6.07, 6.45) is 3.61. The Morgan fingerprint density at radius 1 is 1.15 bits per heavy atom. The van der Waals surface area contributed by atoms with Crippen LogP contribution in [0.5, 0.6) is 5.75 Å². The Kier molecular flexibility index (Phi) is 5.93. The molecule has 1 aromatic heterocycles. The van der Waals surface area contributed by atoms with E-state index in [0.717, 1.165) is 29.6 Å². The summed E-state index contributed by atoms with van der Waals surface area (Å²) in [5, 5.41) is 0. The van der Waals surface area contributed by atoms with Gasteiger partial charge in [-0.1, -0.05) is 44.2 Å². The zero-order valence-electron chi connectivity index (χ0n) is 12.1. The second-order valence-corrected chi connectivity index (χ2v) is 6.20. The second kappa shape index (κ2) is 7.95. The quantitative estimate of drug-likeness (QED) is 0.699. The van der Waals surface area contributed by atoms with Crippen molar-refractivity contribution < 1.29 is 4.74 Å². The minimum atomic E-state index is 0.725. The Balaban J connectivity index is 1.95. The van der Waals surface area contributed by atoms with Gasteiger partial charge in [-0.2, -0.15) is 11.8 Å². The SMILES string of the molecule is CC(C)CSCCOc1cnccc1-c1ccccc1. The molecule has 0 aliphatic heterocycles. The zero-order chi connectivity index (χ0) is 14.2. The summed E-state index contributed by atoms with van der Waals surface area (Å²) in [6, 6.07) is 12.3. The number of aromatic nitrogens is 1. The van der Waals surface area contributed by atoms with E-state index in [4.69, 9.17) is 4.74 Å². The highest BCUT2D eigenvalue weighted by Crippen LogP contribution is 2.28. The van der Waals surface area contributed by atoms with Crippen molar-refractivity contribution >= 4 is 11.8 Å². The van der Waals surface area contributed by atoms with Crippen molar-refractivity contribution in [1.29, 1.82) is 0 Å². The molecule has 0 unspecified atom stereocenters. The van der Waals surface area contributed by atoms with E-state index < -0.39 is 0 Å². The first kappa shape index (κ1) is 14.9. The molecule has 0 spiro atoms. The van der Waals surface area contributed by atoms with Crippen molar-refractivity contribution in [3.05, 3.63) is 48.8 Å². The minimum absolute atomic E-state index is 0.725. The highest BCUT2D eigenvalue weighted by Gasteiger charge is 2.05. The van der Waals surface area contributed by atoms with Crippen LogP contribution >= 0.6 is 11.8 Å². The average Bonchev–Trinajstić information content (AvgIpc) is 2.48. The van der Waals surface area contributed by atoms with E-state index in [2.05, 4.69) is 31.0 Å². The first-order valence-corrected chi connectivity index (χ1v) is 8.13. The number of hydrogen-bond acceptors (Lipinski definition) is 3. The summed E-state index contributed by atoms with van der Waals surface area (Å²) in [5.74, 6) is 3.80. The van der Waals surface area contributed by atoms with Gasteiger partial charge in [0.2, 0.25) is 0 Å². The Labute approximate surface area is 125 Å². The van der Waals surface area contributed by atoms with Gasteiger partial charge >= 0.3 is 0 Å². The third-order valence-corrected chi connectivity index (χ3v) is 4.16. The second-order valence-electron chi connectivity index (χ2n) is 5.06. The Bertz CT molecular complexity index is 513. The Hall–Kier alpha value is -1.48. The molecule has 0 N–H and O–H groups in total.